The number of hydrogen-bond acceptors (Lipinski definition) is 3. The Morgan fingerprint density at radius 3 is 2.67 bits per heavy atom. The Morgan fingerprint density at radius 1 is 1.44 bits per heavy atom. The number of hydrogen-bond donors (Lipinski definition) is 0. The van der Waals surface area contributed by atoms with Crippen LogP contribution in [0.25, 0.3) is 0 Å². The highest BCUT2D eigenvalue weighted by atomic mass is 79.9. The van der Waals surface area contributed by atoms with Crippen LogP contribution in [-0.4, -0.2) is 19.3 Å². The first-order valence-corrected chi connectivity index (χ1v) is 7.73. The average molecular weight is 350 g/mol. The van der Waals surface area contributed by atoms with Crippen LogP contribution in [0.4, 0.5) is 0 Å². The molecule has 0 atom stereocenters. The van der Waals surface area contributed by atoms with Gasteiger partial charge in [-0.05, 0) is 22.9 Å². The van der Waals surface area contributed by atoms with E-state index in [1.165, 1.54) is 0 Å². The summed E-state index contributed by atoms with van der Waals surface area (Å²) in [5.74, 6) is 1.31. The summed E-state index contributed by atoms with van der Waals surface area (Å²) >= 11 is 11.1. The molecule has 0 amide bonds. The summed E-state index contributed by atoms with van der Waals surface area (Å²) in [5.41, 5.74) is 3.20. The van der Waals surface area contributed by atoms with Gasteiger partial charge in [0.2, 0.25) is 0 Å². The second-order valence-corrected chi connectivity index (χ2v) is 5.99. The highest BCUT2D eigenvalue weighted by Crippen LogP contribution is 2.28. The zero-order valence-corrected chi connectivity index (χ0v) is 13.6. The van der Waals surface area contributed by atoms with Gasteiger partial charge in [-0.2, -0.15) is 5.10 Å². The monoisotopic (exact) mass is 348 g/mol. The molecule has 2 aromatic rings. The maximum absolute atomic E-state index is 5.82. The van der Waals surface area contributed by atoms with Crippen molar-refractivity contribution in [3.63, 3.8) is 0 Å². The second kappa shape index (κ2) is 5.67. The van der Waals surface area contributed by atoms with Gasteiger partial charge in [0.25, 0.3) is 0 Å². The minimum atomic E-state index is 0.485. The third kappa shape index (κ3) is 2.60. The number of thioether (sulfide) groups is 1. The highest BCUT2D eigenvalue weighted by Gasteiger charge is 2.13. The van der Waals surface area contributed by atoms with E-state index in [2.05, 4.69) is 26.0 Å². The van der Waals surface area contributed by atoms with Gasteiger partial charge in [0, 0.05) is 19.8 Å². The molecule has 0 saturated carbocycles. The standard InChI is InChI=1S/C11H14BrClN4S/c1-7-10(12)9(17(3)15-7)6-18-11-14-5-8(4-13)16(11)2/h5H,4,6H2,1-3H3. The maximum Gasteiger partial charge on any atom is 0.168 e. The van der Waals surface area contributed by atoms with Crippen molar-refractivity contribution in [3.8, 4) is 0 Å². The fourth-order valence-electron chi connectivity index (χ4n) is 1.65. The largest absolute Gasteiger partial charge is 0.325 e. The molecular weight excluding hydrogens is 336 g/mol. The molecule has 0 radical (unpaired) electrons. The Balaban J connectivity index is 2.14. The highest BCUT2D eigenvalue weighted by molar-refractivity contribution is 9.10. The molecule has 4 nitrogen and oxygen atoms in total. The minimum Gasteiger partial charge on any atom is -0.325 e. The Kier molecular flexibility index (Phi) is 4.40. The predicted molar refractivity (Wildman–Crippen MR) is 78.0 cm³/mol. The smallest absolute Gasteiger partial charge is 0.168 e. The van der Waals surface area contributed by atoms with Gasteiger partial charge < -0.3 is 4.57 Å². The lowest BCUT2D eigenvalue weighted by molar-refractivity contribution is 0.724. The van der Waals surface area contributed by atoms with E-state index < -0.39 is 0 Å². The van der Waals surface area contributed by atoms with E-state index in [9.17, 15) is 0 Å². The number of aryl methyl sites for hydroxylation is 2. The van der Waals surface area contributed by atoms with E-state index >= 15 is 0 Å². The van der Waals surface area contributed by atoms with Crippen molar-refractivity contribution >= 4 is 39.3 Å². The summed E-state index contributed by atoms with van der Waals surface area (Å²) in [4.78, 5) is 4.36. The quantitative estimate of drug-likeness (QED) is 0.628. The lowest BCUT2D eigenvalue weighted by Gasteiger charge is -2.04. The summed E-state index contributed by atoms with van der Waals surface area (Å²) in [6, 6.07) is 0. The Bertz CT molecular complexity index is 564. The lowest BCUT2D eigenvalue weighted by Crippen LogP contribution is -1.99. The molecule has 2 rings (SSSR count). The number of imidazole rings is 1. The molecule has 18 heavy (non-hydrogen) atoms. The molecule has 0 aliphatic rings. The molecule has 0 aliphatic heterocycles. The molecule has 0 spiro atoms. The number of rotatable bonds is 4. The van der Waals surface area contributed by atoms with Gasteiger partial charge in [0.1, 0.15) is 0 Å². The zero-order chi connectivity index (χ0) is 13.3. The predicted octanol–water partition coefficient (Wildman–Crippen LogP) is 3.26. The molecule has 7 heteroatoms. The zero-order valence-electron chi connectivity index (χ0n) is 10.4. The first kappa shape index (κ1) is 14.0. The van der Waals surface area contributed by atoms with Crippen LogP contribution in [0.5, 0.6) is 0 Å². The summed E-state index contributed by atoms with van der Waals surface area (Å²) in [7, 11) is 3.94. The van der Waals surface area contributed by atoms with Crippen LogP contribution >= 0.6 is 39.3 Å². The van der Waals surface area contributed by atoms with Crippen molar-refractivity contribution in [2.45, 2.75) is 23.7 Å². The van der Waals surface area contributed by atoms with Crippen LogP contribution in [-0.2, 0) is 25.7 Å². The molecule has 0 unspecified atom stereocenters. The molecule has 0 fully saturated rings. The SMILES string of the molecule is Cc1nn(C)c(CSc2ncc(CCl)n2C)c1Br. The Labute approximate surface area is 124 Å². The molecule has 2 aromatic heterocycles. The van der Waals surface area contributed by atoms with Gasteiger partial charge in [-0.3, -0.25) is 4.68 Å². The molecular formula is C11H14BrClN4S. The van der Waals surface area contributed by atoms with Crippen LogP contribution in [0.1, 0.15) is 17.1 Å². The van der Waals surface area contributed by atoms with Crippen LogP contribution in [0.15, 0.2) is 15.8 Å². The summed E-state index contributed by atoms with van der Waals surface area (Å²) in [6.45, 7) is 1.99. The summed E-state index contributed by atoms with van der Waals surface area (Å²) in [5, 5.41) is 5.34. The lowest BCUT2D eigenvalue weighted by atomic mass is 10.4. The number of halogens is 2. The summed E-state index contributed by atoms with van der Waals surface area (Å²) in [6.07, 6.45) is 1.82. The van der Waals surface area contributed by atoms with Gasteiger partial charge in [-0.15, -0.1) is 11.6 Å². The fourth-order valence-corrected chi connectivity index (χ4v) is 3.60. The van der Waals surface area contributed by atoms with Gasteiger partial charge in [0.05, 0.1) is 33.6 Å². The van der Waals surface area contributed by atoms with E-state index in [1.807, 2.05) is 36.5 Å². The first-order chi connectivity index (χ1) is 8.54. The second-order valence-electron chi connectivity index (χ2n) is 3.98. The average Bonchev–Trinajstić information content (AvgIpc) is 2.80. The van der Waals surface area contributed by atoms with Crippen LogP contribution in [0.3, 0.4) is 0 Å². The van der Waals surface area contributed by atoms with E-state index in [1.54, 1.807) is 11.8 Å². The van der Waals surface area contributed by atoms with E-state index in [4.69, 9.17) is 11.6 Å². The number of alkyl halides is 1. The van der Waals surface area contributed by atoms with Crippen LogP contribution in [0, 0.1) is 6.92 Å². The normalized spacial score (nSPS) is 11.2. The van der Waals surface area contributed by atoms with Gasteiger partial charge >= 0.3 is 0 Å². The van der Waals surface area contributed by atoms with Crippen molar-refractivity contribution in [1.82, 2.24) is 19.3 Å². The van der Waals surface area contributed by atoms with E-state index in [0.717, 1.165) is 32.5 Å². The molecule has 0 N–H and O–H groups in total. The Morgan fingerprint density at radius 2 is 2.17 bits per heavy atom. The van der Waals surface area contributed by atoms with E-state index in [0.29, 0.717) is 5.88 Å². The van der Waals surface area contributed by atoms with Gasteiger partial charge in [-0.1, -0.05) is 11.8 Å². The third-order valence-corrected chi connectivity index (χ3v) is 5.14. The molecule has 2 heterocycles. The van der Waals surface area contributed by atoms with Crippen LogP contribution in [0.2, 0.25) is 0 Å². The van der Waals surface area contributed by atoms with Crippen molar-refractivity contribution in [2.75, 3.05) is 0 Å². The fraction of sp³-hybridized carbons (Fsp3) is 0.455. The van der Waals surface area contributed by atoms with Crippen molar-refractivity contribution in [2.24, 2.45) is 14.1 Å². The molecule has 0 aromatic carbocycles. The number of nitrogens with zero attached hydrogens (tertiary/aromatic N) is 4. The van der Waals surface area contributed by atoms with E-state index in [-0.39, 0.29) is 0 Å². The topological polar surface area (TPSA) is 35.6 Å². The van der Waals surface area contributed by atoms with Crippen molar-refractivity contribution < 1.29 is 0 Å². The maximum atomic E-state index is 5.82. The molecule has 0 aliphatic carbocycles. The minimum absolute atomic E-state index is 0.485. The van der Waals surface area contributed by atoms with Crippen molar-refractivity contribution in [1.29, 1.82) is 0 Å². The molecule has 0 saturated heterocycles. The first-order valence-electron chi connectivity index (χ1n) is 5.42. The van der Waals surface area contributed by atoms with Gasteiger partial charge in [-0.25, -0.2) is 4.98 Å². The summed E-state index contributed by atoms with van der Waals surface area (Å²) < 4.78 is 5.00. The molecule has 0 bridgehead atoms. The number of aromatic nitrogens is 4. The van der Waals surface area contributed by atoms with Crippen molar-refractivity contribution in [3.05, 3.63) is 27.8 Å². The van der Waals surface area contributed by atoms with Gasteiger partial charge in [0.15, 0.2) is 5.16 Å². The molecule has 98 valence electrons. The third-order valence-electron chi connectivity index (χ3n) is 2.78. The van der Waals surface area contributed by atoms with Crippen LogP contribution < -0.4 is 0 Å². The Hall–Kier alpha value is -0.460.